The molecule has 0 amide bonds. The van der Waals surface area contributed by atoms with Crippen LogP contribution in [0, 0.1) is 0 Å². The third-order valence-electron chi connectivity index (χ3n) is 27.6. The second-order valence-corrected chi connectivity index (χ2v) is 43.6. The third-order valence-corrected chi connectivity index (χ3v) is 37.7. The van der Waals surface area contributed by atoms with E-state index in [9.17, 15) is 0 Å². The molecule has 0 aliphatic heterocycles. The van der Waals surface area contributed by atoms with Gasteiger partial charge in [-0.3, -0.25) is 0 Å². The standard InChI is InChI=1S/C62H53NSi.C36H29NSi.C26H25Br/c1-6-20-46(21-7-1)47-34-38-50(39-35-47)63(52-42-44-56(45-43-52)64(53-24-10-3-11-25-53,54-26-12-4-13-27-54)55-28-14-5-15-29-55)51-40-36-49(37-41-51)62-59-32-18-16-30-57(59)61(48-22-8-2-9-23-48)58-31-17-19-33-60(58)62;1-5-13-29(14-6-1)30-21-23-31(24-22-30)37-32-25-27-36(28-26-32)38(33-15-7-2-8-16-33,34-17-9-3-10-18-34)35-19-11-4-12-20-35;27-20-16-14-19(15-17-20)26-23-12-6-4-10-21(23)25(18-8-2-1-3-9-18)22-11-5-7-13-24(22)26/h1-15,20-29,34-45H,16-19,30-33H2;1-28,37H;1-3,8-9,14-17H,4-7,10-13H2. The maximum Gasteiger partial charge on any atom is 0.179 e. The van der Waals surface area contributed by atoms with E-state index < -0.39 is 16.1 Å². The minimum atomic E-state index is -2.68. The van der Waals surface area contributed by atoms with Gasteiger partial charge >= 0.3 is 0 Å². The number of halogens is 1. The van der Waals surface area contributed by atoms with Gasteiger partial charge in [-0.1, -0.05) is 392 Å². The Morgan fingerprint density at radius 2 is 0.341 bits per heavy atom. The van der Waals surface area contributed by atoms with Gasteiger partial charge in [-0.05, 0) is 328 Å². The van der Waals surface area contributed by atoms with Crippen molar-refractivity contribution in [1.82, 2.24) is 0 Å². The smallest absolute Gasteiger partial charge is 0.179 e. The molecule has 22 rings (SSSR count). The molecule has 0 aromatic heterocycles. The largest absolute Gasteiger partial charge is 0.356 e. The second-order valence-electron chi connectivity index (χ2n) is 35.1. The van der Waals surface area contributed by atoms with Gasteiger partial charge in [0.25, 0.3) is 0 Å². The fraction of sp³-hybridized carbons (Fsp3) is 0.129. The molecule has 4 aliphatic rings. The van der Waals surface area contributed by atoms with E-state index in [1.807, 2.05) is 6.07 Å². The average Bonchev–Trinajstić information content (AvgIpc) is 0.743. The molecule has 18 aromatic rings. The van der Waals surface area contributed by atoms with E-state index in [-0.39, 0.29) is 0 Å². The first-order valence-electron chi connectivity index (χ1n) is 46.7. The highest BCUT2D eigenvalue weighted by Gasteiger charge is 2.43. The van der Waals surface area contributed by atoms with Crippen molar-refractivity contribution < 1.29 is 0 Å². The van der Waals surface area contributed by atoms with Crippen LogP contribution in [0.2, 0.25) is 0 Å². The van der Waals surface area contributed by atoms with E-state index in [0.717, 1.165) is 45.8 Å². The summed E-state index contributed by atoms with van der Waals surface area (Å²) >= 11 is 3.61. The summed E-state index contributed by atoms with van der Waals surface area (Å²) in [5, 5.41) is 14.6. The number of rotatable bonds is 19. The summed E-state index contributed by atoms with van der Waals surface area (Å²) in [5.74, 6) is 0. The summed E-state index contributed by atoms with van der Waals surface area (Å²) < 4.78 is 1.16. The zero-order chi connectivity index (χ0) is 86.6. The van der Waals surface area contributed by atoms with Crippen LogP contribution in [0.1, 0.15) is 95.9 Å². The fourth-order valence-corrected chi connectivity index (χ4v) is 31.5. The Labute approximate surface area is 773 Å². The van der Waals surface area contributed by atoms with Crippen LogP contribution >= 0.6 is 15.9 Å². The summed E-state index contributed by atoms with van der Waals surface area (Å²) in [6.45, 7) is 0. The molecule has 4 aliphatic carbocycles. The molecule has 0 atom stereocenters. The van der Waals surface area contributed by atoms with Crippen LogP contribution in [0.25, 0.3) is 66.8 Å². The maximum atomic E-state index is 3.61. The molecular formula is C124H107BrN2Si2. The number of nitrogens with one attached hydrogen (secondary N) is 1. The molecule has 0 bridgehead atoms. The number of hydrogen-bond acceptors (Lipinski definition) is 2. The van der Waals surface area contributed by atoms with Crippen LogP contribution < -0.4 is 51.7 Å². The van der Waals surface area contributed by atoms with Crippen LogP contribution in [0.4, 0.5) is 28.4 Å². The highest BCUT2D eigenvalue weighted by molar-refractivity contribution is 9.10. The Kier molecular flexibility index (Phi) is 25.3. The van der Waals surface area contributed by atoms with Crippen molar-refractivity contribution in [2.45, 2.75) is 103 Å². The van der Waals surface area contributed by atoms with E-state index in [0.29, 0.717) is 0 Å². The van der Waals surface area contributed by atoms with Crippen molar-refractivity contribution in [2.75, 3.05) is 10.2 Å². The predicted octanol–water partition coefficient (Wildman–Crippen LogP) is 27.3. The minimum Gasteiger partial charge on any atom is -0.356 e. The lowest BCUT2D eigenvalue weighted by Crippen LogP contribution is -2.74. The SMILES string of the molecule is Brc1ccc(-c2c3c(c(-c4ccccc4)c4c2CCCC4)CCCC3)cc1.c1ccc(-c2ccc(N(c3ccc(-c4c5c(c(-c6ccccc6)c6c4CCCC6)CCCC5)cc3)c3ccc([Si](c4ccccc4)(c4ccccc4)c4ccccc4)cc3)cc2)cc1.c1ccc(-c2ccc(Nc3ccc([Si](c4ccccc4)(c4ccccc4)c4ccccc4)cc3)cc2)cc1. The summed E-state index contributed by atoms with van der Waals surface area (Å²) in [6, 6.07) is 165. The van der Waals surface area contributed by atoms with E-state index >= 15 is 0 Å². The Bertz CT molecular complexity index is 6500. The molecule has 0 radical (unpaired) electrons. The maximum absolute atomic E-state index is 3.61. The van der Waals surface area contributed by atoms with Crippen LogP contribution in [0.15, 0.2) is 453 Å². The lowest BCUT2D eigenvalue weighted by molar-refractivity contribution is 0.662. The van der Waals surface area contributed by atoms with Gasteiger partial charge in [0.15, 0.2) is 16.1 Å². The first-order chi connectivity index (χ1) is 63.9. The topological polar surface area (TPSA) is 15.3 Å². The van der Waals surface area contributed by atoms with E-state index in [1.54, 1.807) is 61.2 Å². The van der Waals surface area contributed by atoms with Crippen LogP contribution in [0.5, 0.6) is 0 Å². The van der Waals surface area contributed by atoms with Gasteiger partial charge in [0.1, 0.15) is 0 Å². The van der Waals surface area contributed by atoms with Gasteiger partial charge in [0.05, 0.1) is 0 Å². The van der Waals surface area contributed by atoms with Crippen molar-refractivity contribution in [1.29, 1.82) is 0 Å². The van der Waals surface area contributed by atoms with Crippen molar-refractivity contribution in [3.8, 4) is 66.8 Å². The summed E-state index contributed by atoms with van der Waals surface area (Å²) in [5.41, 5.74) is 35.3. The number of nitrogens with zero attached hydrogens (tertiary/aromatic N) is 1. The van der Waals surface area contributed by atoms with Crippen LogP contribution in [-0.2, 0) is 51.4 Å². The summed E-state index contributed by atoms with van der Waals surface area (Å²) in [4.78, 5) is 2.45. The van der Waals surface area contributed by atoms with Crippen molar-refractivity contribution in [3.63, 3.8) is 0 Å². The number of fused-ring (bicyclic) bond motifs is 4. The van der Waals surface area contributed by atoms with Gasteiger partial charge < -0.3 is 10.2 Å². The van der Waals surface area contributed by atoms with E-state index in [1.165, 1.54) is 181 Å². The molecule has 18 aromatic carbocycles. The molecule has 1 N–H and O–H groups in total. The molecule has 129 heavy (non-hydrogen) atoms. The molecule has 0 fully saturated rings. The van der Waals surface area contributed by atoms with Crippen molar-refractivity contribution in [3.05, 3.63) is 498 Å². The number of anilines is 5. The third kappa shape index (κ3) is 17.2. The highest BCUT2D eigenvalue weighted by atomic mass is 79.9. The van der Waals surface area contributed by atoms with E-state index in [4.69, 9.17) is 0 Å². The molecule has 0 spiro atoms. The van der Waals surface area contributed by atoms with Gasteiger partial charge in [-0.15, -0.1) is 0 Å². The predicted molar refractivity (Wildman–Crippen MR) is 558 cm³/mol. The molecule has 5 heteroatoms. The molecule has 0 saturated heterocycles. The normalized spacial score (nSPS) is 13.3. The fourth-order valence-electron chi connectivity index (χ4n) is 21.8. The number of hydrogen-bond donors (Lipinski definition) is 1. The Hall–Kier alpha value is -13.5. The number of benzene rings is 18. The van der Waals surface area contributed by atoms with Gasteiger partial charge in [0.2, 0.25) is 0 Å². The Morgan fingerprint density at radius 1 is 0.171 bits per heavy atom. The highest BCUT2D eigenvalue weighted by Crippen LogP contribution is 2.49. The van der Waals surface area contributed by atoms with Crippen molar-refractivity contribution in [2.24, 2.45) is 0 Å². The average molecular weight is 1760 g/mol. The minimum absolute atomic E-state index is 1.08. The van der Waals surface area contributed by atoms with Gasteiger partial charge in [-0.25, -0.2) is 0 Å². The van der Waals surface area contributed by atoms with Crippen LogP contribution in [-0.4, -0.2) is 16.1 Å². The monoisotopic (exact) mass is 1760 g/mol. The summed E-state index contributed by atoms with van der Waals surface area (Å²) in [6.07, 6.45) is 19.9. The zero-order valence-corrected chi connectivity index (χ0v) is 76.9. The first-order valence-corrected chi connectivity index (χ1v) is 51.5. The molecule has 628 valence electrons. The lowest BCUT2D eigenvalue weighted by atomic mass is 9.73. The molecule has 0 saturated carbocycles. The van der Waals surface area contributed by atoms with E-state index in [2.05, 4.69) is 469 Å². The molecule has 0 heterocycles. The van der Waals surface area contributed by atoms with Crippen molar-refractivity contribution >= 4 is 102 Å². The van der Waals surface area contributed by atoms with Crippen LogP contribution in [0.3, 0.4) is 0 Å². The van der Waals surface area contributed by atoms with Gasteiger partial charge in [0, 0.05) is 32.9 Å². The second kappa shape index (κ2) is 39.0. The summed E-state index contributed by atoms with van der Waals surface area (Å²) in [7, 11) is -5.16. The first kappa shape index (κ1) is 83.7. The quantitative estimate of drug-likeness (QED) is 0.0641. The molecular weight excluding hydrogens is 1650 g/mol. The lowest BCUT2D eigenvalue weighted by Gasteiger charge is -2.35. The molecule has 2 nitrogen and oxygen atoms in total. The Morgan fingerprint density at radius 3 is 0.597 bits per heavy atom. The van der Waals surface area contributed by atoms with Gasteiger partial charge in [-0.2, -0.15) is 0 Å². The molecule has 0 unspecified atom stereocenters. The zero-order valence-electron chi connectivity index (χ0n) is 73.4. The Balaban J connectivity index is 0.000000135.